The summed E-state index contributed by atoms with van der Waals surface area (Å²) in [6.07, 6.45) is 0. The van der Waals surface area contributed by atoms with Gasteiger partial charge in [0.05, 0.1) is 11.3 Å². The lowest BCUT2D eigenvalue weighted by molar-refractivity contribution is 0.0466. The number of carbonyl (C=O) groups excluding carboxylic acids is 1. The topological polar surface area (TPSA) is 75.8 Å². The highest BCUT2D eigenvalue weighted by molar-refractivity contribution is 5.90. The Morgan fingerprint density at radius 1 is 1.39 bits per heavy atom. The lowest BCUT2D eigenvalue weighted by atomic mass is 10.2. The normalized spacial score (nSPS) is 10.6. The van der Waals surface area contributed by atoms with Gasteiger partial charge >= 0.3 is 5.97 Å². The monoisotopic (exact) mass is 252 g/mol. The first kappa shape index (κ1) is 14.3. The minimum Gasteiger partial charge on any atom is -0.506 e. The van der Waals surface area contributed by atoms with E-state index in [-0.39, 0.29) is 11.4 Å². The Labute approximate surface area is 107 Å². The molecule has 0 atom stereocenters. The second-order valence-electron chi connectivity index (χ2n) is 3.94. The van der Waals surface area contributed by atoms with Crippen molar-refractivity contribution in [3.8, 4) is 5.75 Å². The lowest BCUT2D eigenvalue weighted by Gasteiger charge is -2.17. The van der Waals surface area contributed by atoms with E-state index < -0.39 is 5.97 Å². The van der Waals surface area contributed by atoms with Crippen LogP contribution in [0.3, 0.4) is 0 Å². The number of benzene rings is 1. The fourth-order valence-electron chi connectivity index (χ4n) is 1.57. The summed E-state index contributed by atoms with van der Waals surface area (Å²) < 4.78 is 5.14. The van der Waals surface area contributed by atoms with E-state index >= 15 is 0 Å². The number of nitrogens with zero attached hydrogens (tertiary/aromatic N) is 1. The second kappa shape index (κ2) is 6.86. The molecule has 0 amide bonds. The molecule has 0 aromatic heterocycles. The number of hydrogen-bond donors (Lipinski definition) is 2. The van der Waals surface area contributed by atoms with E-state index in [0.29, 0.717) is 18.7 Å². The first-order chi connectivity index (χ1) is 8.58. The summed E-state index contributed by atoms with van der Waals surface area (Å²) in [6.45, 7) is 7.05. The number of aromatic hydroxyl groups is 1. The van der Waals surface area contributed by atoms with Crippen molar-refractivity contribution in [1.82, 2.24) is 4.90 Å². The first-order valence-electron chi connectivity index (χ1n) is 6.06. The molecule has 0 heterocycles. The largest absolute Gasteiger partial charge is 0.506 e. The summed E-state index contributed by atoms with van der Waals surface area (Å²) >= 11 is 0. The third kappa shape index (κ3) is 3.92. The Bertz CT molecular complexity index is 403. The average Bonchev–Trinajstić information content (AvgIpc) is 2.37. The number of likely N-dealkylation sites (N-methyl/N-ethyl adjacent to an activating group) is 1. The molecule has 18 heavy (non-hydrogen) atoms. The molecule has 0 aliphatic rings. The van der Waals surface area contributed by atoms with Gasteiger partial charge in [0.1, 0.15) is 12.4 Å². The summed E-state index contributed by atoms with van der Waals surface area (Å²) in [4.78, 5) is 13.9. The van der Waals surface area contributed by atoms with E-state index in [1.54, 1.807) is 0 Å². The zero-order valence-corrected chi connectivity index (χ0v) is 10.8. The predicted octanol–water partition coefficient (Wildman–Crippen LogP) is 1.47. The van der Waals surface area contributed by atoms with Crippen LogP contribution in [-0.4, -0.2) is 42.2 Å². The SMILES string of the molecule is CCN(CC)CCOC(=O)c1ccc(O)c(N)c1. The van der Waals surface area contributed by atoms with Crippen molar-refractivity contribution in [3.05, 3.63) is 23.8 Å². The third-order valence-electron chi connectivity index (χ3n) is 2.80. The molecule has 3 N–H and O–H groups in total. The maximum Gasteiger partial charge on any atom is 0.338 e. The van der Waals surface area contributed by atoms with Gasteiger partial charge in [-0.2, -0.15) is 0 Å². The molecule has 0 saturated carbocycles. The van der Waals surface area contributed by atoms with E-state index in [1.165, 1.54) is 18.2 Å². The van der Waals surface area contributed by atoms with Gasteiger partial charge in [-0.05, 0) is 31.3 Å². The molecule has 5 heteroatoms. The van der Waals surface area contributed by atoms with Crippen LogP contribution in [0.5, 0.6) is 5.75 Å². The van der Waals surface area contributed by atoms with Crippen LogP contribution >= 0.6 is 0 Å². The lowest BCUT2D eigenvalue weighted by Crippen LogP contribution is -2.27. The molecular formula is C13H20N2O3. The van der Waals surface area contributed by atoms with Gasteiger partial charge in [0.15, 0.2) is 0 Å². The molecule has 0 fully saturated rings. The molecule has 0 aliphatic carbocycles. The minimum absolute atomic E-state index is 0.0327. The highest BCUT2D eigenvalue weighted by Crippen LogP contribution is 2.20. The molecule has 0 unspecified atom stereocenters. The Balaban J connectivity index is 2.48. The zero-order chi connectivity index (χ0) is 13.5. The molecule has 0 aliphatic heterocycles. The number of nitrogens with two attached hydrogens (primary N) is 1. The molecule has 1 aromatic rings. The number of ether oxygens (including phenoxy) is 1. The van der Waals surface area contributed by atoms with Crippen LogP contribution in [-0.2, 0) is 4.74 Å². The number of hydrogen-bond acceptors (Lipinski definition) is 5. The van der Waals surface area contributed by atoms with Crippen molar-refractivity contribution >= 4 is 11.7 Å². The van der Waals surface area contributed by atoms with Crippen molar-refractivity contribution in [2.75, 3.05) is 32.0 Å². The molecule has 5 nitrogen and oxygen atoms in total. The smallest absolute Gasteiger partial charge is 0.338 e. The van der Waals surface area contributed by atoms with Crippen LogP contribution in [0, 0.1) is 0 Å². The van der Waals surface area contributed by atoms with E-state index in [9.17, 15) is 9.90 Å². The van der Waals surface area contributed by atoms with Crippen LogP contribution in [0.15, 0.2) is 18.2 Å². The Kier molecular flexibility index (Phi) is 5.45. The summed E-state index contributed by atoms with van der Waals surface area (Å²) in [5.74, 6) is -0.455. The fourth-order valence-corrected chi connectivity index (χ4v) is 1.57. The maximum atomic E-state index is 11.7. The average molecular weight is 252 g/mol. The van der Waals surface area contributed by atoms with Crippen LogP contribution in [0.2, 0.25) is 0 Å². The molecule has 1 rings (SSSR count). The van der Waals surface area contributed by atoms with Crippen LogP contribution in [0.25, 0.3) is 0 Å². The van der Waals surface area contributed by atoms with Crippen molar-refractivity contribution in [2.45, 2.75) is 13.8 Å². The summed E-state index contributed by atoms with van der Waals surface area (Å²) in [7, 11) is 0. The van der Waals surface area contributed by atoms with Crippen LogP contribution in [0.1, 0.15) is 24.2 Å². The van der Waals surface area contributed by atoms with Gasteiger partial charge < -0.3 is 20.5 Å². The van der Waals surface area contributed by atoms with Crippen LogP contribution in [0.4, 0.5) is 5.69 Å². The second-order valence-corrected chi connectivity index (χ2v) is 3.94. The fraction of sp³-hybridized carbons (Fsp3) is 0.462. The quantitative estimate of drug-likeness (QED) is 0.455. The number of esters is 1. The Hall–Kier alpha value is -1.75. The molecule has 0 radical (unpaired) electrons. The molecule has 100 valence electrons. The molecule has 0 bridgehead atoms. The highest BCUT2D eigenvalue weighted by atomic mass is 16.5. The number of phenolic OH excluding ortho intramolecular Hbond substituents is 1. The van der Waals surface area contributed by atoms with E-state index in [1.807, 2.05) is 0 Å². The van der Waals surface area contributed by atoms with Crippen LogP contribution < -0.4 is 5.73 Å². The van der Waals surface area contributed by atoms with Crippen molar-refractivity contribution in [1.29, 1.82) is 0 Å². The molecule has 0 spiro atoms. The van der Waals surface area contributed by atoms with Crippen molar-refractivity contribution < 1.29 is 14.6 Å². The molecule has 0 saturated heterocycles. The Morgan fingerprint density at radius 2 is 2.06 bits per heavy atom. The number of carbonyl (C=O) groups is 1. The van der Waals surface area contributed by atoms with Gasteiger partial charge in [0.25, 0.3) is 0 Å². The van der Waals surface area contributed by atoms with Gasteiger partial charge in [-0.3, -0.25) is 0 Å². The Morgan fingerprint density at radius 3 is 2.61 bits per heavy atom. The van der Waals surface area contributed by atoms with Crippen molar-refractivity contribution in [3.63, 3.8) is 0 Å². The summed E-state index contributed by atoms with van der Waals surface area (Å²) in [6, 6.07) is 4.29. The number of anilines is 1. The highest BCUT2D eigenvalue weighted by Gasteiger charge is 2.09. The van der Waals surface area contributed by atoms with Gasteiger partial charge in [-0.15, -0.1) is 0 Å². The maximum absolute atomic E-state index is 11.7. The molecular weight excluding hydrogens is 232 g/mol. The van der Waals surface area contributed by atoms with E-state index in [4.69, 9.17) is 10.5 Å². The van der Waals surface area contributed by atoms with E-state index in [0.717, 1.165) is 13.1 Å². The van der Waals surface area contributed by atoms with Gasteiger partial charge in [-0.1, -0.05) is 13.8 Å². The first-order valence-corrected chi connectivity index (χ1v) is 6.06. The summed E-state index contributed by atoms with van der Waals surface area (Å²) in [5, 5.41) is 9.25. The van der Waals surface area contributed by atoms with Gasteiger partial charge in [0.2, 0.25) is 0 Å². The predicted molar refractivity (Wildman–Crippen MR) is 70.6 cm³/mol. The molecule has 1 aromatic carbocycles. The van der Waals surface area contributed by atoms with E-state index in [2.05, 4.69) is 18.7 Å². The zero-order valence-electron chi connectivity index (χ0n) is 10.8. The minimum atomic E-state index is -0.422. The standard InChI is InChI=1S/C13H20N2O3/c1-3-15(4-2)7-8-18-13(17)10-5-6-12(16)11(14)9-10/h5-6,9,16H,3-4,7-8,14H2,1-2H3. The van der Waals surface area contributed by atoms with Crippen molar-refractivity contribution in [2.24, 2.45) is 0 Å². The number of rotatable bonds is 6. The summed E-state index contributed by atoms with van der Waals surface area (Å²) in [5.41, 5.74) is 6.04. The third-order valence-corrected chi connectivity index (χ3v) is 2.80. The number of nitrogen functional groups attached to an aromatic ring is 1. The van der Waals surface area contributed by atoms with Gasteiger partial charge in [0, 0.05) is 6.54 Å². The van der Waals surface area contributed by atoms with Gasteiger partial charge in [-0.25, -0.2) is 4.79 Å². The number of phenols is 1.